The lowest BCUT2D eigenvalue weighted by atomic mass is 9.99. The van der Waals surface area contributed by atoms with Crippen molar-refractivity contribution in [1.29, 1.82) is 0 Å². The fourth-order valence-electron chi connectivity index (χ4n) is 8.88. The van der Waals surface area contributed by atoms with Gasteiger partial charge in [-0.05, 0) is 75.0 Å². The number of benzene rings is 7. The normalized spacial score (nSPS) is 12.5. The highest BCUT2D eigenvalue weighted by molar-refractivity contribution is 7.13. The van der Waals surface area contributed by atoms with Crippen molar-refractivity contribution in [2.24, 2.45) is 5.92 Å². The Labute approximate surface area is 301 Å². The number of hydrogen-bond donors (Lipinski definition) is 0. The summed E-state index contributed by atoms with van der Waals surface area (Å²) in [4.78, 5) is 0. The van der Waals surface area contributed by atoms with E-state index in [9.17, 15) is 0 Å². The van der Waals surface area contributed by atoms with Crippen LogP contribution in [0.5, 0.6) is 0 Å². The van der Waals surface area contributed by atoms with Crippen molar-refractivity contribution in [3.63, 3.8) is 0 Å². The summed E-state index contributed by atoms with van der Waals surface area (Å²) in [6, 6.07) is 65.7. The average Bonchev–Trinajstić information content (AvgIpc) is 3.69. The van der Waals surface area contributed by atoms with Gasteiger partial charge >= 0.3 is 0 Å². The minimum absolute atomic E-state index is 0.00632. The van der Waals surface area contributed by atoms with Crippen LogP contribution in [0.25, 0.3) is 55.0 Å². The summed E-state index contributed by atoms with van der Waals surface area (Å²) in [7, 11) is -2.61. The lowest BCUT2D eigenvalue weighted by Gasteiger charge is -2.49. The van der Waals surface area contributed by atoms with Crippen molar-refractivity contribution >= 4 is 67.2 Å². The average molecular weight is 675 g/mol. The Morgan fingerprint density at radius 3 is 1.31 bits per heavy atom. The molecule has 3 heteroatoms. The first-order valence-electron chi connectivity index (χ1n) is 18.1. The van der Waals surface area contributed by atoms with E-state index in [0.717, 1.165) is 0 Å². The number of rotatable bonds is 7. The monoisotopic (exact) mass is 674 g/mol. The molecule has 0 amide bonds. The molecule has 0 unspecified atom stereocenters. The van der Waals surface area contributed by atoms with Crippen LogP contribution in [0.15, 0.2) is 176 Å². The molecule has 9 aromatic rings. The molecule has 0 saturated carbocycles. The zero-order chi connectivity index (χ0) is 34.7. The largest absolute Gasteiger partial charge is 0.309 e. The molecule has 0 spiro atoms. The van der Waals surface area contributed by atoms with Gasteiger partial charge in [0.2, 0.25) is 0 Å². The topological polar surface area (TPSA) is 9.86 Å². The van der Waals surface area contributed by atoms with E-state index < -0.39 is 8.07 Å². The first-order valence-corrected chi connectivity index (χ1v) is 20.1. The molecule has 7 aromatic carbocycles. The molecule has 0 aliphatic heterocycles. The van der Waals surface area contributed by atoms with Gasteiger partial charge in [0, 0.05) is 32.9 Å². The molecule has 2 nitrogen and oxygen atoms in total. The Hall–Kier alpha value is -5.64. The molecule has 0 fully saturated rings. The van der Waals surface area contributed by atoms with E-state index in [2.05, 4.69) is 213 Å². The summed E-state index contributed by atoms with van der Waals surface area (Å²) in [5, 5.41) is 9.42. The second kappa shape index (κ2) is 12.0. The van der Waals surface area contributed by atoms with Crippen LogP contribution in [-0.4, -0.2) is 17.2 Å². The molecule has 2 heterocycles. The first kappa shape index (κ1) is 31.3. The van der Waals surface area contributed by atoms with Crippen molar-refractivity contribution < 1.29 is 0 Å². The predicted octanol–water partition coefficient (Wildman–Crippen LogP) is 10.8. The summed E-state index contributed by atoms with van der Waals surface area (Å²) in [6.07, 6.45) is 0. The molecule has 51 heavy (non-hydrogen) atoms. The van der Waals surface area contributed by atoms with Crippen molar-refractivity contribution in [3.8, 4) is 11.4 Å². The quantitative estimate of drug-likeness (QED) is 0.118. The van der Waals surface area contributed by atoms with Crippen LogP contribution in [0.1, 0.15) is 27.7 Å². The Morgan fingerprint density at radius 2 is 0.804 bits per heavy atom. The van der Waals surface area contributed by atoms with Gasteiger partial charge < -0.3 is 9.13 Å². The summed E-state index contributed by atoms with van der Waals surface area (Å²) in [5.41, 5.74) is 7.27. The molecule has 0 N–H and O–H groups in total. The highest BCUT2D eigenvalue weighted by atomic mass is 28.3. The van der Waals surface area contributed by atoms with E-state index in [-0.39, 0.29) is 5.04 Å². The standard InChI is InChI=1S/C48H42N2Si/c1-34(2)48(3,4)51(37-19-7-5-8-20-37,38-21-9-6-10-22-38)39-23-17-18-35(32-39)49-46-29-16-13-26-42(46)43-33-36(30-31-47(43)49)50-44-27-14-11-24-40(44)41-25-12-15-28-45(41)50/h5-34H,1-4H3. The van der Waals surface area contributed by atoms with Gasteiger partial charge in [0.05, 0.1) is 22.1 Å². The third-order valence-corrected chi connectivity index (χ3v) is 17.9. The molecule has 0 radical (unpaired) electrons. The van der Waals surface area contributed by atoms with Crippen LogP contribution < -0.4 is 15.6 Å². The Morgan fingerprint density at radius 1 is 0.392 bits per heavy atom. The van der Waals surface area contributed by atoms with Crippen LogP contribution in [0, 0.1) is 5.92 Å². The molecule has 0 saturated heterocycles. The highest BCUT2D eigenvalue weighted by Gasteiger charge is 2.53. The lowest BCUT2D eigenvalue weighted by Crippen LogP contribution is -2.73. The molecule has 0 bridgehead atoms. The van der Waals surface area contributed by atoms with Crippen molar-refractivity contribution in [1.82, 2.24) is 9.13 Å². The third kappa shape index (κ3) is 4.61. The third-order valence-electron chi connectivity index (χ3n) is 11.9. The number of para-hydroxylation sites is 3. The molecular weight excluding hydrogens is 633 g/mol. The van der Waals surface area contributed by atoms with E-state index in [1.54, 1.807) is 0 Å². The predicted molar refractivity (Wildman–Crippen MR) is 222 cm³/mol. The second-order valence-corrected chi connectivity index (χ2v) is 19.4. The van der Waals surface area contributed by atoms with Gasteiger partial charge in [0.15, 0.2) is 8.07 Å². The lowest BCUT2D eigenvalue weighted by molar-refractivity contribution is 0.467. The van der Waals surface area contributed by atoms with Gasteiger partial charge in [-0.3, -0.25) is 0 Å². The van der Waals surface area contributed by atoms with Gasteiger partial charge in [0.25, 0.3) is 0 Å². The Kier molecular flexibility index (Phi) is 7.38. The molecule has 0 atom stereocenters. The zero-order valence-corrected chi connectivity index (χ0v) is 30.7. The molecular formula is C48H42N2Si. The van der Waals surface area contributed by atoms with Crippen molar-refractivity contribution in [3.05, 3.63) is 176 Å². The maximum absolute atomic E-state index is 2.61. The first-order chi connectivity index (χ1) is 24.9. The fourth-order valence-corrected chi connectivity index (χ4v) is 15.1. The minimum atomic E-state index is -2.61. The second-order valence-electron chi connectivity index (χ2n) is 14.8. The number of aromatic nitrogens is 2. The summed E-state index contributed by atoms with van der Waals surface area (Å²) in [5.74, 6) is 0.459. The SMILES string of the molecule is CC(C)C(C)(C)[Si](c1ccccc1)(c1ccccc1)c1cccc(-n2c3ccccc3c3cc(-n4c5ccccc5c5ccccc54)ccc32)c1. The minimum Gasteiger partial charge on any atom is -0.309 e. The van der Waals surface area contributed by atoms with Gasteiger partial charge in [-0.2, -0.15) is 0 Å². The van der Waals surface area contributed by atoms with Crippen molar-refractivity contribution in [2.45, 2.75) is 32.7 Å². The molecule has 2 aromatic heterocycles. The van der Waals surface area contributed by atoms with Crippen LogP contribution in [-0.2, 0) is 0 Å². The number of fused-ring (bicyclic) bond motifs is 6. The van der Waals surface area contributed by atoms with Crippen molar-refractivity contribution in [2.75, 3.05) is 0 Å². The van der Waals surface area contributed by atoms with Crippen LogP contribution >= 0.6 is 0 Å². The van der Waals surface area contributed by atoms with E-state index in [1.165, 1.54) is 70.5 Å². The smallest absolute Gasteiger partial charge is 0.154 e. The van der Waals surface area contributed by atoms with E-state index in [1.807, 2.05) is 0 Å². The van der Waals surface area contributed by atoms with Gasteiger partial charge in [-0.1, -0.05) is 155 Å². The molecule has 248 valence electrons. The van der Waals surface area contributed by atoms with Crippen LogP contribution in [0.2, 0.25) is 5.04 Å². The molecule has 0 aliphatic rings. The van der Waals surface area contributed by atoms with Gasteiger partial charge in [0.1, 0.15) is 0 Å². The van der Waals surface area contributed by atoms with E-state index in [0.29, 0.717) is 5.92 Å². The van der Waals surface area contributed by atoms with E-state index in [4.69, 9.17) is 0 Å². The Balaban J connectivity index is 1.31. The van der Waals surface area contributed by atoms with Crippen LogP contribution in [0.4, 0.5) is 0 Å². The fraction of sp³-hybridized carbons (Fsp3) is 0.125. The molecule has 9 rings (SSSR count). The number of hydrogen-bond acceptors (Lipinski definition) is 0. The zero-order valence-electron chi connectivity index (χ0n) is 29.7. The summed E-state index contributed by atoms with van der Waals surface area (Å²) < 4.78 is 4.91. The van der Waals surface area contributed by atoms with Gasteiger partial charge in [-0.15, -0.1) is 0 Å². The van der Waals surface area contributed by atoms with E-state index >= 15 is 0 Å². The number of nitrogens with zero attached hydrogens (tertiary/aromatic N) is 2. The maximum Gasteiger partial charge on any atom is 0.154 e. The maximum atomic E-state index is 2.52. The van der Waals surface area contributed by atoms with Gasteiger partial charge in [-0.25, -0.2) is 0 Å². The van der Waals surface area contributed by atoms with Crippen LogP contribution in [0.3, 0.4) is 0 Å². The molecule has 0 aliphatic carbocycles. The summed E-state index contributed by atoms with van der Waals surface area (Å²) >= 11 is 0. The highest BCUT2D eigenvalue weighted by Crippen LogP contribution is 2.44. The summed E-state index contributed by atoms with van der Waals surface area (Å²) in [6.45, 7) is 9.82. The Bertz CT molecular complexity index is 2600.